The number of nitrogens with zero attached hydrogens (tertiary/aromatic N) is 3. The third-order valence-electron chi connectivity index (χ3n) is 5.54. The van der Waals surface area contributed by atoms with Gasteiger partial charge in [-0.2, -0.15) is 5.10 Å². The number of rotatable bonds is 8. The van der Waals surface area contributed by atoms with E-state index in [0.29, 0.717) is 5.75 Å². The molecule has 1 aromatic rings. The summed E-state index contributed by atoms with van der Waals surface area (Å²) < 4.78 is 5.78. The largest absolute Gasteiger partial charge is 0.494 e. The molecule has 31 heavy (non-hydrogen) atoms. The second kappa shape index (κ2) is 9.82. The summed E-state index contributed by atoms with van der Waals surface area (Å²) in [4.78, 5) is 14.1. The summed E-state index contributed by atoms with van der Waals surface area (Å²) in [6.07, 6.45) is 7.29. The SMILES string of the molecule is CCCCOc1ccc(C2CC3C4NN=C(SCC(=O)NC(C)C)N4C=CN3N2)cc1. The Morgan fingerprint density at radius 2 is 2.13 bits per heavy atom. The molecule has 1 amide bonds. The smallest absolute Gasteiger partial charge is 0.230 e. The van der Waals surface area contributed by atoms with Gasteiger partial charge in [-0.25, -0.2) is 5.43 Å². The normalized spacial score (nSPS) is 24.0. The van der Waals surface area contributed by atoms with Crippen molar-refractivity contribution in [2.75, 3.05) is 12.4 Å². The van der Waals surface area contributed by atoms with Crippen LogP contribution in [0.1, 0.15) is 51.6 Å². The Morgan fingerprint density at radius 1 is 1.32 bits per heavy atom. The lowest BCUT2D eigenvalue weighted by atomic mass is 10.00. The summed E-state index contributed by atoms with van der Waals surface area (Å²) >= 11 is 1.46. The maximum atomic E-state index is 12.0. The van der Waals surface area contributed by atoms with E-state index in [9.17, 15) is 4.79 Å². The first kappa shape index (κ1) is 21.8. The van der Waals surface area contributed by atoms with Crippen LogP contribution in [0.5, 0.6) is 5.75 Å². The third-order valence-corrected chi connectivity index (χ3v) is 6.50. The number of unbranched alkanes of at least 4 members (excludes halogenated alkanes) is 1. The standard InChI is InChI=1S/C22H32N6O2S/c1-4-5-12-30-17-8-6-16(7-9-17)18-13-19-21-24-25-22(27(21)10-11-28(19)26-18)31-14-20(29)23-15(2)3/h6-11,15,18-19,21,24,26H,4-5,12-14H2,1-3H3,(H,23,29). The van der Waals surface area contributed by atoms with Gasteiger partial charge in [-0.15, -0.1) is 0 Å². The minimum Gasteiger partial charge on any atom is -0.494 e. The topological polar surface area (TPSA) is 81.2 Å². The molecule has 1 aromatic carbocycles. The van der Waals surface area contributed by atoms with Gasteiger partial charge < -0.3 is 20.0 Å². The lowest BCUT2D eigenvalue weighted by Gasteiger charge is -2.36. The number of carbonyl (C=O) groups is 1. The van der Waals surface area contributed by atoms with Gasteiger partial charge in [0.15, 0.2) is 5.17 Å². The highest BCUT2D eigenvalue weighted by molar-refractivity contribution is 8.14. The van der Waals surface area contributed by atoms with Gasteiger partial charge in [-0.1, -0.05) is 37.2 Å². The monoisotopic (exact) mass is 444 g/mol. The Hall–Kier alpha value is -2.39. The summed E-state index contributed by atoms with van der Waals surface area (Å²) in [5.74, 6) is 1.31. The van der Waals surface area contributed by atoms with Crippen molar-refractivity contribution in [3.8, 4) is 5.75 Å². The highest BCUT2D eigenvalue weighted by Crippen LogP contribution is 2.35. The Morgan fingerprint density at radius 3 is 2.87 bits per heavy atom. The van der Waals surface area contributed by atoms with Crippen molar-refractivity contribution in [2.45, 2.75) is 64.3 Å². The molecule has 0 aromatic heterocycles. The summed E-state index contributed by atoms with van der Waals surface area (Å²) in [7, 11) is 0. The Kier molecular flexibility index (Phi) is 6.92. The van der Waals surface area contributed by atoms with Crippen LogP contribution in [0.15, 0.2) is 41.8 Å². The van der Waals surface area contributed by atoms with E-state index in [1.54, 1.807) is 0 Å². The molecule has 3 aliphatic rings. The zero-order valence-corrected chi connectivity index (χ0v) is 19.2. The van der Waals surface area contributed by atoms with Gasteiger partial charge >= 0.3 is 0 Å². The van der Waals surface area contributed by atoms with Crippen LogP contribution in [-0.2, 0) is 4.79 Å². The predicted octanol–water partition coefficient (Wildman–Crippen LogP) is 2.73. The quantitative estimate of drug-likeness (QED) is 0.532. The fourth-order valence-electron chi connectivity index (χ4n) is 3.99. The van der Waals surface area contributed by atoms with Crippen LogP contribution >= 0.6 is 11.8 Å². The van der Waals surface area contributed by atoms with E-state index >= 15 is 0 Å². The Balaban J connectivity index is 1.32. The first-order valence-corrected chi connectivity index (χ1v) is 12.0. The number of hydrazone groups is 1. The van der Waals surface area contributed by atoms with Crippen molar-refractivity contribution in [1.29, 1.82) is 0 Å². The molecule has 0 aliphatic carbocycles. The van der Waals surface area contributed by atoms with Gasteiger partial charge in [0.25, 0.3) is 0 Å². The summed E-state index contributed by atoms with van der Waals surface area (Å²) in [5.41, 5.74) is 8.11. The summed E-state index contributed by atoms with van der Waals surface area (Å²) in [6.45, 7) is 6.86. The zero-order chi connectivity index (χ0) is 21.8. The van der Waals surface area contributed by atoms with Crippen molar-refractivity contribution in [1.82, 2.24) is 26.1 Å². The van der Waals surface area contributed by atoms with Crippen LogP contribution in [0.25, 0.3) is 0 Å². The molecule has 3 atom stereocenters. The van der Waals surface area contributed by atoms with Crippen LogP contribution in [0.4, 0.5) is 0 Å². The van der Waals surface area contributed by atoms with E-state index in [-0.39, 0.29) is 30.2 Å². The third kappa shape index (κ3) is 5.10. The molecule has 3 N–H and O–H groups in total. The number of amides is 1. The fourth-order valence-corrected chi connectivity index (χ4v) is 4.78. The van der Waals surface area contributed by atoms with Gasteiger partial charge in [-0.05, 0) is 44.4 Å². The Labute approximate surface area is 188 Å². The number of hydrogen-bond donors (Lipinski definition) is 3. The zero-order valence-electron chi connectivity index (χ0n) is 18.4. The molecule has 0 spiro atoms. The van der Waals surface area contributed by atoms with Gasteiger partial charge in [0.1, 0.15) is 11.9 Å². The number of fused-ring (bicyclic) bond motifs is 3. The van der Waals surface area contributed by atoms with Gasteiger partial charge in [0.2, 0.25) is 5.91 Å². The van der Waals surface area contributed by atoms with Crippen LogP contribution in [0.3, 0.4) is 0 Å². The number of ether oxygens (including phenoxy) is 1. The maximum Gasteiger partial charge on any atom is 0.230 e. The molecule has 1 saturated heterocycles. The first-order chi connectivity index (χ1) is 15.0. The molecule has 3 unspecified atom stereocenters. The molecule has 0 bridgehead atoms. The molecule has 3 heterocycles. The van der Waals surface area contributed by atoms with Crippen molar-refractivity contribution >= 4 is 22.8 Å². The average Bonchev–Trinajstić information content (AvgIpc) is 3.36. The Bertz CT molecular complexity index is 828. The number of amidine groups is 1. The fraction of sp³-hybridized carbons (Fsp3) is 0.545. The van der Waals surface area contributed by atoms with Gasteiger partial charge in [0, 0.05) is 18.4 Å². The average molecular weight is 445 g/mol. The molecule has 1 fully saturated rings. The number of hydrazine groups is 1. The summed E-state index contributed by atoms with van der Waals surface area (Å²) in [5, 5.41) is 10.4. The predicted molar refractivity (Wildman–Crippen MR) is 124 cm³/mol. The van der Waals surface area contributed by atoms with E-state index in [1.807, 2.05) is 20.0 Å². The highest BCUT2D eigenvalue weighted by atomic mass is 32.2. The molecule has 8 nitrogen and oxygen atoms in total. The lowest BCUT2D eigenvalue weighted by molar-refractivity contribution is -0.119. The highest BCUT2D eigenvalue weighted by Gasteiger charge is 2.44. The number of thioether (sulfide) groups is 1. The van der Waals surface area contributed by atoms with Gasteiger partial charge in [-0.3, -0.25) is 10.2 Å². The van der Waals surface area contributed by atoms with Crippen LogP contribution in [-0.4, -0.2) is 51.6 Å². The number of nitrogens with one attached hydrogen (secondary N) is 3. The second-order valence-corrected chi connectivity index (χ2v) is 9.29. The molecule has 0 radical (unpaired) electrons. The molecule has 9 heteroatoms. The lowest BCUT2D eigenvalue weighted by Crippen LogP contribution is -2.54. The minimum absolute atomic E-state index is 0.0264. The van der Waals surface area contributed by atoms with Crippen molar-refractivity contribution in [3.05, 3.63) is 42.2 Å². The van der Waals surface area contributed by atoms with Crippen molar-refractivity contribution < 1.29 is 9.53 Å². The van der Waals surface area contributed by atoms with Crippen LogP contribution in [0, 0.1) is 0 Å². The van der Waals surface area contributed by atoms with Crippen LogP contribution < -0.4 is 20.9 Å². The number of benzene rings is 1. The number of hydrogen-bond acceptors (Lipinski definition) is 8. The molecule has 168 valence electrons. The van der Waals surface area contributed by atoms with E-state index < -0.39 is 0 Å². The molecular formula is C22H32N6O2S. The van der Waals surface area contributed by atoms with E-state index in [4.69, 9.17) is 4.74 Å². The second-order valence-electron chi connectivity index (χ2n) is 8.35. The summed E-state index contributed by atoms with van der Waals surface area (Å²) in [6, 6.07) is 9.01. The molecule has 4 rings (SSSR count). The molecular weight excluding hydrogens is 412 g/mol. The van der Waals surface area contributed by atoms with Crippen molar-refractivity contribution in [3.63, 3.8) is 0 Å². The molecule has 3 aliphatic heterocycles. The van der Waals surface area contributed by atoms with E-state index in [0.717, 1.165) is 36.8 Å². The van der Waals surface area contributed by atoms with Crippen molar-refractivity contribution in [2.24, 2.45) is 5.10 Å². The van der Waals surface area contributed by atoms with Crippen LogP contribution in [0.2, 0.25) is 0 Å². The van der Waals surface area contributed by atoms with E-state index in [1.165, 1.54) is 17.3 Å². The minimum atomic E-state index is 0.0264. The van der Waals surface area contributed by atoms with E-state index in [2.05, 4.69) is 68.6 Å². The first-order valence-electron chi connectivity index (χ1n) is 11.0. The number of carbonyl (C=O) groups excluding carboxylic acids is 1. The molecule has 0 saturated carbocycles. The maximum absolute atomic E-state index is 12.0. The van der Waals surface area contributed by atoms with Gasteiger partial charge in [0.05, 0.1) is 24.4 Å².